The highest BCUT2D eigenvalue weighted by Crippen LogP contribution is 2.27. The van der Waals surface area contributed by atoms with E-state index in [2.05, 4.69) is 31.9 Å². The predicted octanol–water partition coefficient (Wildman–Crippen LogP) is 3.12. The van der Waals surface area contributed by atoms with Crippen molar-refractivity contribution >= 4 is 0 Å². The molecule has 0 N–H and O–H groups in total. The summed E-state index contributed by atoms with van der Waals surface area (Å²) in [6.45, 7) is 13.2. The Balaban J connectivity index is 3.01. The summed E-state index contributed by atoms with van der Waals surface area (Å²) in [5.74, 6) is 0. The van der Waals surface area contributed by atoms with Crippen LogP contribution in [0.1, 0.15) is 26.7 Å². The smallest absolute Gasteiger partial charge is 0.0394 e. The van der Waals surface area contributed by atoms with Crippen molar-refractivity contribution in [2.24, 2.45) is 0 Å². The Kier molecular flexibility index (Phi) is 3.35. The number of allylic oxidation sites excluding steroid dienone is 3. The fraction of sp³-hybridized carbons (Fsp3) is 0.500. The molecule has 72 valence electrons. The van der Waals surface area contributed by atoms with Crippen LogP contribution in [-0.4, -0.2) is 17.5 Å². The molecule has 1 heterocycles. The van der Waals surface area contributed by atoms with E-state index in [9.17, 15) is 0 Å². The number of hydrogen-bond donors (Lipinski definition) is 0. The van der Waals surface area contributed by atoms with Gasteiger partial charge in [0.05, 0.1) is 0 Å². The van der Waals surface area contributed by atoms with Gasteiger partial charge >= 0.3 is 0 Å². The molecule has 1 rings (SSSR count). The van der Waals surface area contributed by atoms with Gasteiger partial charge in [0.25, 0.3) is 0 Å². The van der Waals surface area contributed by atoms with Crippen molar-refractivity contribution in [2.75, 3.05) is 6.54 Å². The lowest BCUT2D eigenvalue weighted by Gasteiger charge is -2.36. The first-order chi connectivity index (χ1) is 6.24. The van der Waals surface area contributed by atoms with Crippen molar-refractivity contribution in [3.05, 3.63) is 36.6 Å². The van der Waals surface area contributed by atoms with E-state index in [0.717, 1.165) is 13.0 Å². The third-order valence-electron chi connectivity index (χ3n) is 2.78. The van der Waals surface area contributed by atoms with Crippen LogP contribution in [0.3, 0.4) is 0 Å². The monoisotopic (exact) mass is 177 g/mol. The zero-order valence-corrected chi connectivity index (χ0v) is 8.71. The van der Waals surface area contributed by atoms with Crippen LogP contribution >= 0.6 is 0 Å². The average Bonchev–Trinajstić information content (AvgIpc) is 2.17. The summed E-state index contributed by atoms with van der Waals surface area (Å²) in [6.07, 6.45) is 6.29. The minimum atomic E-state index is 0.640. The second-order valence-corrected chi connectivity index (χ2v) is 3.49. The molecule has 0 aromatic rings. The minimum absolute atomic E-state index is 0.640. The van der Waals surface area contributed by atoms with E-state index in [1.54, 1.807) is 0 Å². The van der Waals surface area contributed by atoms with Gasteiger partial charge in [-0.3, -0.25) is 0 Å². The number of nitrogens with zero attached hydrogens (tertiary/aromatic N) is 1. The molecule has 1 unspecified atom stereocenters. The van der Waals surface area contributed by atoms with Crippen LogP contribution in [-0.2, 0) is 0 Å². The molecular weight excluding hydrogens is 158 g/mol. The highest BCUT2D eigenvalue weighted by atomic mass is 15.2. The normalized spacial score (nSPS) is 23.2. The van der Waals surface area contributed by atoms with Crippen LogP contribution in [0.15, 0.2) is 36.6 Å². The molecule has 0 amide bonds. The second-order valence-electron chi connectivity index (χ2n) is 3.49. The summed E-state index contributed by atoms with van der Waals surface area (Å²) < 4.78 is 0. The number of likely N-dealkylation sites (N-methyl/N-ethyl adjacent to an activating group) is 1. The zero-order chi connectivity index (χ0) is 9.84. The summed E-state index contributed by atoms with van der Waals surface area (Å²) in [7, 11) is 0. The topological polar surface area (TPSA) is 3.24 Å². The highest BCUT2D eigenvalue weighted by molar-refractivity contribution is 5.32. The molecule has 1 atom stereocenters. The Bertz CT molecular complexity index is 238. The van der Waals surface area contributed by atoms with Gasteiger partial charge in [0.15, 0.2) is 0 Å². The first-order valence-electron chi connectivity index (χ1n) is 4.99. The Labute approximate surface area is 81.4 Å². The lowest BCUT2D eigenvalue weighted by molar-refractivity contribution is 0.257. The van der Waals surface area contributed by atoms with Gasteiger partial charge in [0.2, 0.25) is 0 Å². The fourth-order valence-electron chi connectivity index (χ4n) is 2.01. The van der Waals surface area contributed by atoms with Crippen LogP contribution in [0.2, 0.25) is 0 Å². The maximum atomic E-state index is 3.87. The third kappa shape index (κ3) is 1.85. The Morgan fingerprint density at radius 1 is 1.46 bits per heavy atom. The van der Waals surface area contributed by atoms with Crippen molar-refractivity contribution < 1.29 is 0 Å². The molecule has 0 fully saturated rings. The maximum Gasteiger partial charge on any atom is 0.0394 e. The van der Waals surface area contributed by atoms with Crippen LogP contribution < -0.4 is 0 Å². The standard InChI is InChI=1S/C12H19N/c1-5-11-9-8-10(4)13(7-3)12(11)6-2/h5-6,10H,1-2,7-9H2,3-4H3. The highest BCUT2D eigenvalue weighted by Gasteiger charge is 2.20. The van der Waals surface area contributed by atoms with Crippen LogP contribution in [0, 0.1) is 0 Å². The van der Waals surface area contributed by atoms with Gasteiger partial charge in [-0.15, -0.1) is 0 Å². The molecule has 0 aliphatic carbocycles. The Morgan fingerprint density at radius 3 is 2.62 bits per heavy atom. The summed E-state index contributed by atoms with van der Waals surface area (Å²) in [6, 6.07) is 0.640. The van der Waals surface area contributed by atoms with Crippen LogP contribution in [0.4, 0.5) is 0 Å². The molecule has 0 saturated heterocycles. The van der Waals surface area contributed by atoms with Crippen molar-refractivity contribution in [2.45, 2.75) is 32.7 Å². The molecule has 0 aromatic carbocycles. The van der Waals surface area contributed by atoms with Crippen molar-refractivity contribution in [3.8, 4) is 0 Å². The van der Waals surface area contributed by atoms with Crippen molar-refractivity contribution in [1.29, 1.82) is 0 Å². The zero-order valence-electron chi connectivity index (χ0n) is 8.71. The Morgan fingerprint density at radius 2 is 2.15 bits per heavy atom. The molecule has 0 spiro atoms. The van der Waals surface area contributed by atoms with Gasteiger partial charge in [-0.2, -0.15) is 0 Å². The maximum absolute atomic E-state index is 3.87. The molecule has 13 heavy (non-hydrogen) atoms. The third-order valence-corrected chi connectivity index (χ3v) is 2.78. The molecule has 0 aromatic heterocycles. The van der Waals surface area contributed by atoms with Gasteiger partial charge in [-0.05, 0) is 38.3 Å². The van der Waals surface area contributed by atoms with Gasteiger partial charge in [-0.1, -0.05) is 19.2 Å². The molecule has 1 aliphatic heterocycles. The van der Waals surface area contributed by atoms with Crippen molar-refractivity contribution in [3.63, 3.8) is 0 Å². The molecule has 1 aliphatic rings. The summed E-state index contributed by atoms with van der Waals surface area (Å²) in [5, 5.41) is 0. The van der Waals surface area contributed by atoms with E-state index < -0.39 is 0 Å². The lowest BCUT2D eigenvalue weighted by Crippen LogP contribution is -2.35. The van der Waals surface area contributed by atoms with Gasteiger partial charge in [-0.25, -0.2) is 0 Å². The predicted molar refractivity (Wildman–Crippen MR) is 58.5 cm³/mol. The number of rotatable bonds is 3. The SMILES string of the molecule is C=CC1=C(C=C)N(CC)C(C)CC1. The summed E-state index contributed by atoms with van der Waals surface area (Å²) >= 11 is 0. The molecule has 1 heteroatoms. The first kappa shape index (κ1) is 10.1. The summed E-state index contributed by atoms with van der Waals surface area (Å²) in [4.78, 5) is 2.40. The van der Waals surface area contributed by atoms with Gasteiger partial charge < -0.3 is 4.90 Å². The number of hydrogen-bond acceptors (Lipinski definition) is 1. The lowest BCUT2D eigenvalue weighted by atomic mass is 9.97. The Hall–Kier alpha value is -0.980. The van der Waals surface area contributed by atoms with E-state index in [1.165, 1.54) is 17.7 Å². The van der Waals surface area contributed by atoms with Crippen molar-refractivity contribution in [1.82, 2.24) is 4.90 Å². The molecule has 0 radical (unpaired) electrons. The fourth-order valence-corrected chi connectivity index (χ4v) is 2.01. The van der Waals surface area contributed by atoms with Crippen LogP contribution in [0.5, 0.6) is 0 Å². The van der Waals surface area contributed by atoms with Crippen LogP contribution in [0.25, 0.3) is 0 Å². The largest absolute Gasteiger partial charge is 0.369 e. The molecule has 0 saturated carbocycles. The second kappa shape index (κ2) is 4.31. The average molecular weight is 177 g/mol. The minimum Gasteiger partial charge on any atom is -0.369 e. The van der Waals surface area contributed by atoms with E-state index >= 15 is 0 Å². The molecule has 1 nitrogen and oxygen atoms in total. The molecule has 0 bridgehead atoms. The van der Waals surface area contributed by atoms with Gasteiger partial charge in [0.1, 0.15) is 0 Å². The molecular formula is C12H19N. The van der Waals surface area contributed by atoms with E-state index in [4.69, 9.17) is 0 Å². The quantitative estimate of drug-likeness (QED) is 0.640. The van der Waals surface area contributed by atoms with E-state index in [-0.39, 0.29) is 0 Å². The summed E-state index contributed by atoms with van der Waals surface area (Å²) in [5.41, 5.74) is 2.62. The first-order valence-corrected chi connectivity index (χ1v) is 4.99. The van der Waals surface area contributed by atoms with E-state index in [0.29, 0.717) is 6.04 Å². The van der Waals surface area contributed by atoms with Gasteiger partial charge in [0, 0.05) is 18.3 Å². The van der Waals surface area contributed by atoms with E-state index in [1.807, 2.05) is 12.2 Å².